The first kappa shape index (κ1) is 23.5. The summed E-state index contributed by atoms with van der Waals surface area (Å²) < 4.78 is 38.5. The van der Waals surface area contributed by atoms with Gasteiger partial charge in [-0.15, -0.1) is 0 Å². The van der Waals surface area contributed by atoms with Crippen LogP contribution in [0, 0.1) is 0 Å². The van der Waals surface area contributed by atoms with E-state index in [1.807, 2.05) is 13.0 Å². The largest absolute Gasteiger partial charge is 0.494 e. The Labute approximate surface area is 198 Å². The molecule has 2 aromatic carbocycles. The number of aromatic nitrogens is 1. The molecule has 1 fully saturated rings. The van der Waals surface area contributed by atoms with Gasteiger partial charge < -0.3 is 19.7 Å². The number of hydrogen-bond acceptors (Lipinski definition) is 7. The van der Waals surface area contributed by atoms with Gasteiger partial charge >= 0.3 is 0 Å². The maximum Gasteiger partial charge on any atom is 0.261 e. The minimum absolute atomic E-state index is 0.116. The zero-order chi connectivity index (χ0) is 24.0. The van der Waals surface area contributed by atoms with Gasteiger partial charge in [-0.1, -0.05) is 0 Å². The predicted octanol–water partition coefficient (Wildman–Crippen LogP) is 3.37. The Morgan fingerprint density at radius 3 is 2.29 bits per heavy atom. The van der Waals surface area contributed by atoms with Gasteiger partial charge in [0, 0.05) is 24.3 Å². The minimum Gasteiger partial charge on any atom is -0.494 e. The smallest absolute Gasteiger partial charge is 0.261 e. The number of benzene rings is 2. The van der Waals surface area contributed by atoms with Crippen molar-refractivity contribution in [1.29, 1.82) is 0 Å². The van der Waals surface area contributed by atoms with Gasteiger partial charge in [0.25, 0.3) is 15.9 Å². The molecule has 2 N–H and O–H groups in total. The number of carbonyl (C=O) groups is 1. The first-order chi connectivity index (χ1) is 16.4. The van der Waals surface area contributed by atoms with Gasteiger partial charge in [-0.3, -0.25) is 9.52 Å². The normalized spacial score (nSPS) is 13.9. The molecule has 3 aromatic rings. The Morgan fingerprint density at radius 1 is 1.00 bits per heavy atom. The zero-order valence-corrected chi connectivity index (χ0v) is 19.5. The van der Waals surface area contributed by atoms with E-state index < -0.39 is 10.0 Å². The van der Waals surface area contributed by atoms with Crippen LogP contribution >= 0.6 is 0 Å². The summed E-state index contributed by atoms with van der Waals surface area (Å²) in [5.41, 5.74) is 1.31. The van der Waals surface area contributed by atoms with Crippen molar-refractivity contribution in [3.63, 3.8) is 0 Å². The molecule has 9 nitrogen and oxygen atoms in total. The molecule has 2 heterocycles. The number of amides is 1. The van der Waals surface area contributed by atoms with Crippen LogP contribution in [0.4, 0.5) is 17.2 Å². The lowest BCUT2D eigenvalue weighted by molar-refractivity contribution is 0.102. The fraction of sp³-hybridized carbons (Fsp3) is 0.250. The summed E-state index contributed by atoms with van der Waals surface area (Å²) in [6, 6.07) is 16.0. The summed E-state index contributed by atoms with van der Waals surface area (Å²) >= 11 is 0. The van der Waals surface area contributed by atoms with Crippen LogP contribution in [0.3, 0.4) is 0 Å². The number of pyridine rings is 1. The van der Waals surface area contributed by atoms with E-state index in [4.69, 9.17) is 9.47 Å². The average molecular weight is 483 g/mol. The van der Waals surface area contributed by atoms with Crippen LogP contribution in [0.5, 0.6) is 5.75 Å². The Balaban J connectivity index is 1.36. The van der Waals surface area contributed by atoms with Crippen molar-refractivity contribution in [3.05, 3.63) is 72.4 Å². The van der Waals surface area contributed by atoms with E-state index in [9.17, 15) is 13.2 Å². The highest BCUT2D eigenvalue weighted by atomic mass is 32.2. The number of nitrogens with one attached hydrogen (secondary N) is 2. The second kappa shape index (κ2) is 10.5. The molecule has 0 saturated carbocycles. The summed E-state index contributed by atoms with van der Waals surface area (Å²) in [6.45, 7) is 5.27. The molecular weight excluding hydrogens is 456 g/mol. The van der Waals surface area contributed by atoms with Gasteiger partial charge in [-0.2, -0.15) is 0 Å². The molecule has 1 amide bonds. The maximum atomic E-state index is 12.6. The molecule has 10 heteroatoms. The quantitative estimate of drug-likeness (QED) is 0.507. The molecule has 0 bridgehead atoms. The van der Waals surface area contributed by atoms with E-state index >= 15 is 0 Å². The highest BCUT2D eigenvalue weighted by molar-refractivity contribution is 7.92. The summed E-state index contributed by atoms with van der Waals surface area (Å²) in [7, 11) is -3.77. The molecule has 0 radical (unpaired) electrons. The van der Waals surface area contributed by atoms with Crippen LogP contribution < -0.4 is 19.7 Å². The van der Waals surface area contributed by atoms with Gasteiger partial charge in [0.05, 0.1) is 36.6 Å². The first-order valence-electron chi connectivity index (χ1n) is 10.9. The number of ether oxygens (including phenoxy) is 2. The summed E-state index contributed by atoms with van der Waals surface area (Å²) in [4.78, 5) is 19.3. The monoisotopic (exact) mass is 482 g/mol. The van der Waals surface area contributed by atoms with E-state index in [0.29, 0.717) is 42.5 Å². The van der Waals surface area contributed by atoms with Gasteiger partial charge in [0.1, 0.15) is 11.6 Å². The Bertz CT molecular complexity index is 1210. The van der Waals surface area contributed by atoms with Crippen molar-refractivity contribution in [2.75, 3.05) is 47.8 Å². The number of nitrogens with zero attached hydrogens (tertiary/aromatic N) is 2. The number of sulfonamides is 1. The molecule has 1 saturated heterocycles. The molecule has 0 unspecified atom stereocenters. The molecule has 0 aliphatic carbocycles. The number of anilines is 3. The summed E-state index contributed by atoms with van der Waals surface area (Å²) in [6.07, 6.45) is 1.61. The molecule has 178 valence electrons. The van der Waals surface area contributed by atoms with Crippen LogP contribution in [-0.4, -0.2) is 52.2 Å². The predicted molar refractivity (Wildman–Crippen MR) is 130 cm³/mol. The third kappa shape index (κ3) is 5.83. The second-order valence-electron chi connectivity index (χ2n) is 7.55. The number of carbonyl (C=O) groups excluding carboxylic acids is 1. The Kier molecular flexibility index (Phi) is 7.29. The van der Waals surface area contributed by atoms with Crippen LogP contribution in [0.1, 0.15) is 17.3 Å². The van der Waals surface area contributed by atoms with E-state index in [2.05, 4.69) is 19.9 Å². The van der Waals surface area contributed by atoms with Crippen molar-refractivity contribution < 1.29 is 22.7 Å². The Morgan fingerprint density at radius 2 is 1.68 bits per heavy atom. The van der Waals surface area contributed by atoms with Crippen LogP contribution in [0.2, 0.25) is 0 Å². The SMILES string of the molecule is CCOc1ccc(S(=O)(=O)Nc2ccc(C(=O)Nc3ccc(N4CCOCC4)nc3)cc2)cc1. The number of rotatable bonds is 8. The van der Waals surface area contributed by atoms with Gasteiger partial charge in [-0.05, 0) is 67.6 Å². The third-order valence-electron chi connectivity index (χ3n) is 5.19. The fourth-order valence-corrected chi connectivity index (χ4v) is 4.49. The molecule has 1 aliphatic heterocycles. The van der Waals surface area contributed by atoms with Crippen molar-refractivity contribution in [2.24, 2.45) is 0 Å². The third-order valence-corrected chi connectivity index (χ3v) is 6.58. The van der Waals surface area contributed by atoms with Crippen molar-refractivity contribution in [2.45, 2.75) is 11.8 Å². The molecule has 0 spiro atoms. The van der Waals surface area contributed by atoms with Crippen molar-refractivity contribution >= 4 is 33.1 Å². The Hall–Kier alpha value is -3.63. The van der Waals surface area contributed by atoms with Crippen molar-refractivity contribution in [1.82, 2.24) is 4.98 Å². The highest BCUT2D eigenvalue weighted by Gasteiger charge is 2.16. The van der Waals surface area contributed by atoms with E-state index in [0.717, 1.165) is 18.9 Å². The van der Waals surface area contributed by atoms with Gasteiger partial charge in [0.15, 0.2) is 0 Å². The van der Waals surface area contributed by atoms with Crippen LogP contribution in [0.25, 0.3) is 0 Å². The van der Waals surface area contributed by atoms with E-state index in [1.165, 1.54) is 12.1 Å². The second-order valence-corrected chi connectivity index (χ2v) is 9.23. The topological polar surface area (TPSA) is 110 Å². The maximum absolute atomic E-state index is 12.6. The van der Waals surface area contributed by atoms with E-state index in [-0.39, 0.29) is 10.8 Å². The summed E-state index contributed by atoms with van der Waals surface area (Å²) in [5.74, 6) is 1.12. The zero-order valence-electron chi connectivity index (χ0n) is 18.7. The lowest BCUT2D eigenvalue weighted by Crippen LogP contribution is -2.36. The van der Waals surface area contributed by atoms with Gasteiger partial charge in [-0.25, -0.2) is 13.4 Å². The lowest BCUT2D eigenvalue weighted by atomic mass is 10.2. The fourth-order valence-electron chi connectivity index (χ4n) is 3.43. The van der Waals surface area contributed by atoms with Crippen LogP contribution in [-0.2, 0) is 14.8 Å². The average Bonchev–Trinajstić information content (AvgIpc) is 2.86. The molecule has 1 aliphatic rings. The molecular formula is C24H26N4O5S. The van der Waals surface area contributed by atoms with Crippen LogP contribution in [0.15, 0.2) is 71.8 Å². The first-order valence-corrected chi connectivity index (χ1v) is 12.4. The standard InChI is InChI=1S/C24H26N4O5S/c1-2-33-21-8-10-22(11-9-21)34(30,31)27-19-5-3-18(4-6-19)24(29)26-20-7-12-23(25-17-20)28-13-15-32-16-14-28/h3-12,17,27H,2,13-16H2,1H3,(H,26,29). The van der Waals surface area contributed by atoms with E-state index in [1.54, 1.807) is 48.7 Å². The van der Waals surface area contributed by atoms with Gasteiger partial charge in [0.2, 0.25) is 0 Å². The summed E-state index contributed by atoms with van der Waals surface area (Å²) in [5, 5.41) is 2.80. The lowest BCUT2D eigenvalue weighted by Gasteiger charge is -2.27. The molecule has 1 aromatic heterocycles. The minimum atomic E-state index is -3.77. The molecule has 0 atom stereocenters. The van der Waals surface area contributed by atoms with Crippen molar-refractivity contribution in [3.8, 4) is 5.75 Å². The highest BCUT2D eigenvalue weighted by Crippen LogP contribution is 2.21. The molecule has 4 rings (SSSR count). The number of morpholine rings is 1. The number of hydrogen-bond donors (Lipinski definition) is 2. The molecule has 34 heavy (non-hydrogen) atoms.